The van der Waals surface area contributed by atoms with Gasteiger partial charge in [-0.3, -0.25) is 4.79 Å². The van der Waals surface area contributed by atoms with Crippen LogP contribution in [0.4, 0.5) is 0 Å². The molecule has 0 bridgehead atoms. The molecule has 4 nitrogen and oxygen atoms in total. The van der Waals surface area contributed by atoms with Gasteiger partial charge in [-0.25, -0.2) is 0 Å². The van der Waals surface area contributed by atoms with Crippen molar-refractivity contribution in [3.05, 3.63) is 0 Å². The van der Waals surface area contributed by atoms with E-state index in [-0.39, 0.29) is 11.8 Å². The molecule has 0 saturated carbocycles. The Morgan fingerprint density at radius 3 is 2.71 bits per heavy atom. The Kier molecular flexibility index (Phi) is 6.52. The summed E-state index contributed by atoms with van der Waals surface area (Å²) < 4.78 is 0. The second-order valence-corrected chi connectivity index (χ2v) is 4.93. The number of aliphatic hydroxyl groups is 1. The zero-order valence-electron chi connectivity index (χ0n) is 11.0. The predicted octanol–water partition coefficient (Wildman–Crippen LogP) is 0.899. The number of hydrogen-bond donors (Lipinski definition) is 3. The average Bonchev–Trinajstić information content (AvgIpc) is 2.38. The van der Waals surface area contributed by atoms with E-state index in [4.69, 9.17) is 0 Å². The highest BCUT2D eigenvalue weighted by Crippen LogP contribution is 2.13. The fraction of sp³-hybridized carbons (Fsp3) is 0.923. The summed E-state index contributed by atoms with van der Waals surface area (Å²) in [6.45, 7) is 6.32. The van der Waals surface area contributed by atoms with Crippen molar-refractivity contribution in [2.24, 2.45) is 11.8 Å². The summed E-state index contributed by atoms with van der Waals surface area (Å²) in [6, 6.07) is 0. The first kappa shape index (κ1) is 14.5. The van der Waals surface area contributed by atoms with Gasteiger partial charge in [0.05, 0.1) is 12.0 Å². The first-order valence-corrected chi connectivity index (χ1v) is 6.85. The van der Waals surface area contributed by atoms with E-state index < -0.39 is 6.10 Å². The normalized spacial score (nSPS) is 22.5. The van der Waals surface area contributed by atoms with Crippen molar-refractivity contribution in [2.45, 2.75) is 45.6 Å². The lowest BCUT2D eigenvalue weighted by molar-refractivity contribution is -0.126. The highest BCUT2D eigenvalue weighted by atomic mass is 16.3. The second kappa shape index (κ2) is 7.67. The quantitative estimate of drug-likeness (QED) is 0.648. The third-order valence-electron chi connectivity index (χ3n) is 3.75. The highest BCUT2D eigenvalue weighted by molar-refractivity contribution is 5.78. The number of nitrogens with one attached hydrogen (secondary N) is 2. The number of carbonyl (C=O) groups excluding carboxylic acids is 1. The summed E-state index contributed by atoms with van der Waals surface area (Å²) in [5.41, 5.74) is 0. The lowest BCUT2D eigenvalue weighted by Gasteiger charge is -2.24. The van der Waals surface area contributed by atoms with Gasteiger partial charge >= 0.3 is 0 Å². The molecular weight excluding hydrogens is 216 g/mol. The minimum atomic E-state index is -0.412. The standard InChI is InChI=1S/C13H26N2O2/c1-3-10(4-2)12(16)9-15-13(17)11-6-5-7-14-8-11/h10-12,14,16H,3-9H2,1-2H3,(H,15,17)/t11-,12?/m0/s1. The third-order valence-corrected chi connectivity index (χ3v) is 3.75. The van der Waals surface area contributed by atoms with Crippen LogP contribution < -0.4 is 10.6 Å². The molecule has 1 heterocycles. The molecule has 0 radical (unpaired) electrons. The van der Waals surface area contributed by atoms with E-state index in [1.165, 1.54) is 0 Å². The number of carbonyl (C=O) groups is 1. The summed E-state index contributed by atoms with van der Waals surface area (Å²) in [5.74, 6) is 0.458. The van der Waals surface area contributed by atoms with Crippen molar-refractivity contribution in [2.75, 3.05) is 19.6 Å². The number of aliphatic hydroxyl groups excluding tert-OH is 1. The molecule has 100 valence electrons. The lowest BCUT2D eigenvalue weighted by atomic mass is 9.95. The van der Waals surface area contributed by atoms with Gasteiger partial charge in [-0.2, -0.15) is 0 Å². The van der Waals surface area contributed by atoms with Crippen LogP contribution in [0.25, 0.3) is 0 Å². The van der Waals surface area contributed by atoms with E-state index in [9.17, 15) is 9.90 Å². The smallest absolute Gasteiger partial charge is 0.224 e. The molecule has 1 amide bonds. The molecule has 1 aliphatic heterocycles. The molecule has 0 aromatic heterocycles. The fourth-order valence-electron chi connectivity index (χ4n) is 2.42. The van der Waals surface area contributed by atoms with Crippen LogP contribution in [0.3, 0.4) is 0 Å². The Labute approximate surface area is 104 Å². The molecule has 1 unspecified atom stereocenters. The van der Waals surface area contributed by atoms with Crippen molar-refractivity contribution >= 4 is 5.91 Å². The lowest BCUT2D eigenvalue weighted by Crippen LogP contribution is -2.43. The van der Waals surface area contributed by atoms with Gasteiger partial charge in [0.2, 0.25) is 5.91 Å². The summed E-state index contributed by atoms with van der Waals surface area (Å²) in [5, 5.41) is 16.0. The molecule has 3 N–H and O–H groups in total. The van der Waals surface area contributed by atoms with Crippen molar-refractivity contribution < 1.29 is 9.90 Å². The van der Waals surface area contributed by atoms with Gasteiger partial charge in [-0.05, 0) is 25.3 Å². The molecular formula is C13H26N2O2. The molecule has 2 atom stereocenters. The van der Waals surface area contributed by atoms with Crippen molar-refractivity contribution in [1.29, 1.82) is 0 Å². The molecule has 1 aliphatic rings. The molecule has 0 aliphatic carbocycles. The van der Waals surface area contributed by atoms with Crippen LogP contribution in [0, 0.1) is 11.8 Å². The van der Waals surface area contributed by atoms with E-state index >= 15 is 0 Å². The Balaban J connectivity index is 2.26. The summed E-state index contributed by atoms with van der Waals surface area (Å²) >= 11 is 0. The average molecular weight is 242 g/mol. The van der Waals surface area contributed by atoms with Gasteiger partial charge in [0, 0.05) is 13.1 Å². The fourth-order valence-corrected chi connectivity index (χ4v) is 2.42. The minimum absolute atomic E-state index is 0.0812. The minimum Gasteiger partial charge on any atom is -0.391 e. The maximum Gasteiger partial charge on any atom is 0.224 e. The highest BCUT2D eigenvalue weighted by Gasteiger charge is 2.22. The van der Waals surface area contributed by atoms with E-state index in [0.717, 1.165) is 38.8 Å². The van der Waals surface area contributed by atoms with E-state index in [1.54, 1.807) is 0 Å². The Hall–Kier alpha value is -0.610. The number of piperidine rings is 1. The van der Waals surface area contributed by atoms with E-state index in [1.807, 2.05) is 0 Å². The van der Waals surface area contributed by atoms with Crippen molar-refractivity contribution in [3.63, 3.8) is 0 Å². The maximum absolute atomic E-state index is 11.8. The van der Waals surface area contributed by atoms with Crippen LogP contribution in [0.2, 0.25) is 0 Å². The SMILES string of the molecule is CCC(CC)C(O)CNC(=O)[C@H]1CCCNC1. The Bertz CT molecular complexity index is 223. The molecule has 0 aromatic rings. The summed E-state index contributed by atoms with van der Waals surface area (Å²) in [4.78, 5) is 11.8. The molecule has 4 heteroatoms. The number of amides is 1. The van der Waals surface area contributed by atoms with Crippen LogP contribution in [-0.4, -0.2) is 36.8 Å². The van der Waals surface area contributed by atoms with Crippen molar-refractivity contribution in [3.8, 4) is 0 Å². The molecule has 1 saturated heterocycles. The molecule has 1 rings (SSSR count). The number of rotatable bonds is 6. The van der Waals surface area contributed by atoms with Crippen LogP contribution in [0.5, 0.6) is 0 Å². The molecule has 1 fully saturated rings. The van der Waals surface area contributed by atoms with Crippen LogP contribution in [0.1, 0.15) is 39.5 Å². The van der Waals surface area contributed by atoms with E-state index in [2.05, 4.69) is 24.5 Å². The summed E-state index contributed by atoms with van der Waals surface area (Å²) in [6.07, 6.45) is 3.52. The molecule has 0 spiro atoms. The summed E-state index contributed by atoms with van der Waals surface area (Å²) in [7, 11) is 0. The Morgan fingerprint density at radius 2 is 2.18 bits per heavy atom. The maximum atomic E-state index is 11.8. The van der Waals surface area contributed by atoms with E-state index in [0.29, 0.717) is 12.5 Å². The van der Waals surface area contributed by atoms with Crippen LogP contribution >= 0.6 is 0 Å². The monoisotopic (exact) mass is 242 g/mol. The van der Waals surface area contributed by atoms with Gasteiger partial charge in [0.25, 0.3) is 0 Å². The molecule has 17 heavy (non-hydrogen) atoms. The van der Waals surface area contributed by atoms with Crippen molar-refractivity contribution in [1.82, 2.24) is 10.6 Å². The van der Waals surface area contributed by atoms with Gasteiger partial charge in [0.1, 0.15) is 0 Å². The Morgan fingerprint density at radius 1 is 1.47 bits per heavy atom. The predicted molar refractivity (Wildman–Crippen MR) is 68.7 cm³/mol. The van der Waals surface area contributed by atoms with Gasteiger partial charge < -0.3 is 15.7 Å². The van der Waals surface area contributed by atoms with Crippen LogP contribution in [-0.2, 0) is 4.79 Å². The zero-order chi connectivity index (χ0) is 12.7. The van der Waals surface area contributed by atoms with Gasteiger partial charge in [-0.1, -0.05) is 26.7 Å². The van der Waals surface area contributed by atoms with Crippen LogP contribution in [0.15, 0.2) is 0 Å². The molecule has 0 aromatic carbocycles. The largest absolute Gasteiger partial charge is 0.391 e. The first-order valence-electron chi connectivity index (χ1n) is 6.85. The third kappa shape index (κ3) is 4.64. The van der Waals surface area contributed by atoms with Gasteiger partial charge in [-0.15, -0.1) is 0 Å². The number of hydrogen-bond acceptors (Lipinski definition) is 3. The second-order valence-electron chi connectivity index (χ2n) is 4.93. The first-order chi connectivity index (χ1) is 8.19. The topological polar surface area (TPSA) is 61.4 Å². The zero-order valence-corrected chi connectivity index (χ0v) is 11.0. The van der Waals surface area contributed by atoms with Gasteiger partial charge in [0.15, 0.2) is 0 Å².